The fourth-order valence-electron chi connectivity index (χ4n) is 2.46. The molecule has 0 bridgehead atoms. The molecule has 0 saturated heterocycles. The predicted molar refractivity (Wildman–Crippen MR) is 89.3 cm³/mol. The molecule has 1 N–H and O–H groups in total. The summed E-state index contributed by atoms with van der Waals surface area (Å²) in [5.74, 6) is 0.902. The van der Waals surface area contributed by atoms with Gasteiger partial charge >= 0.3 is 0 Å². The summed E-state index contributed by atoms with van der Waals surface area (Å²) in [6.45, 7) is 7.80. The Hall–Kier alpha value is -1.51. The summed E-state index contributed by atoms with van der Waals surface area (Å²) >= 11 is 6.17. The molecule has 0 radical (unpaired) electrons. The summed E-state index contributed by atoms with van der Waals surface area (Å²) in [5, 5.41) is 4.30. The Kier molecular flexibility index (Phi) is 5.66. The van der Waals surface area contributed by atoms with Gasteiger partial charge < -0.3 is 10.1 Å². The smallest absolute Gasteiger partial charge is 0.119 e. The second-order valence-electron chi connectivity index (χ2n) is 4.99. The SMILES string of the molecule is CCNC(c1ccc(OCC)cc1)c1cc(Cl)ccc1C. The highest BCUT2D eigenvalue weighted by atomic mass is 35.5. The van der Waals surface area contributed by atoms with Crippen molar-refractivity contribution in [3.63, 3.8) is 0 Å². The van der Waals surface area contributed by atoms with E-state index in [2.05, 4.69) is 37.4 Å². The van der Waals surface area contributed by atoms with Crippen LogP contribution in [-0.4, -0.2) is 13.2 Å². The number of benzene rings is 2. The standard InChI is InChI=1S/C18H22ClNO/c1-4-20-18(17-12-15(19)9-6-13(17)3)14-7-10-16(11-8-14)21-5-2/h6-12,18,20H,4-5H2,1-3H3. The van der Waals surface area contributed by atoms with Crippen LogP contribution in [-0.2, 0) is 0 Å². The first kappa shape index (κ1) is 15.9. The molecule has 0 spiro atoms. The highest BCUT2D eigenvalue weighted by Gasteiger charge is 2.15. The van der Waals surface area contributed by atoms with Crippen LogP contribution in [0.4, 0.5) is 0 Å². The Balaban J connectivity index is 2.35. The van der Waals surface area contributed by atoms with Crippen LogP contribution in [0.5, 0.6) is 5.75 Å². The van der Waals surface area contributed by atoms with E-state index in [9.17, 15) is 0 Å². The average molecular weight is 304 g/mol. The Labute approximate surface area is 132 Å². The third-order valence-corrected chi connectivity index (χ3v) is 3.72. The first-order valence-corrected chi connectivity index (χ1v) is 7.75. The van der Waals surface area contributed by atoms with Gasteiger partial charge in [0.25, 0.3) is 0 Å². The molecule has 3 heteroatoms. The molecule has 2 aromatic rings. The van der Waals surface area contributed by atoms with Crippen LogP contribution in [0.1, 0.15) is 36.6 Å². The van der Waals surface area contributed by atoms with Crippen LogP contribution < -0.4 is 10.1 Å². The minimum Gasteiger partial charge on any atom is -0.494 e. The summed E-state index contributed by atoms with van der Waals surface area (Å²) in [6.07, 6.45) is 0. The Morgan fingerprint density at radius 2 is 1.81 bits per heavy atom. The number of hydrogen-bond acceptors (Lipinski definition) is 2. The van der Waals surface area contributed by atoms with Crippen molar-refractivity contribution in [2.75, 3.05) is 13.2 Å². The van der Waals surface area contributed by atoms with E-state index in [0.717, 1.165) is 17.3 Å². The van der Waals surface area contributed by atoms with Gasteiger partial charge in [0, 0.05) is 5.02 Å². The topological polar surface area (TPSA) is 21.3 Å². The van der Waals surface area contributed by atoms with Crippen LogP contribution in [0.3, 0.4) is 0 Å². The van der Waals surface area contributed by atoms with E-state index in [1.54, 1.807) is 0 Å². The van der Waals surface area contributed by atoms with Gasteiger partial charge in [-0.3, -0.25) is 0 Å². The molecule has 2 nitrogen and oxygen atoms in total. The Morgan fingerprint density at radius 1 is 1.10 bits per heavy atom. The summed E-state index contributed by atoms with van der Waals surface area (Å²) in [5.41, 5.74) is 3.67. The summed E-state index contributed by atoms with van der Waals surface area (Å²) in [4.78, 5) is 0. The molecule has 1 atom stereocenters. The molecule has 0 aromatic heterocycles. The van der Waals surface area contributed by atoms with E-state index in [0.29, 0.717) is 6.61 Å². The molecule has 0 aliphatic rings. The zero-order valence-corrected chi connectivity index (χ0v) is 13.6. The lowest BCUT2D eigenvalue weighted by atomic mass is 9.95. The third-order valence-electron chi connectivity index (χ3n) is 3.48. The van der Waals surface area contributed by atoms with Crippen LogP contribution in [0.15, 0.2) is 42.5 Å². The molecule has 0 aliphatic carbocycles. The van der Waals surface area contributed by atoms with Gasteiger partial charge in [-0.05, 0) is 61.3 Å². The minimum absolute atomic E-state index is 0.143. The molecule has 112 valence electrons. The third kappa shape index (κ3) is 3.99. The van der Waals surface area contributed by atoms with E-state index in [1.807, 2.05) is 31.2 Å². The van der Waals surface area contributed by atoms with Crippen LogP contribution >= 0.6 is 11.6 Å². The average Bonchev–Trinajstić information content (AvgIpc) is 2.49. The molecule has 21 heavy (non-hydrogen) atoms. The van der Waals surface area contributed by atoms with Gasteiger partial charge in [0.1, 0.15) is 5.75 Å². The van der Waals surface area contributed by atoms with E-state index in [1.165, 1.54) is 16.7 Å². The van der Waals surface area contributed by atoms with Crippen LogP contribution in [0.2, 0.25) is 5.02 Å². The number of halogens is 1. The van der Waals surface area contributed by atoms with Crippen molar-refractivity contribution in [2.45, 2.75) is 26.8 Å². The highest BCUT2D eigenvalue weighted by Crippen LogP contribution is 2.28. The Morgan fingerprint density at radius 3 is 2.43 bits per heavy atom. The van der Waals surface area contributed by atoms with Crippen molar-refractivity contribution in [1.29, 1.82) is 0 Å². The second-order valence-corrected chi connectivity index (χ2v) is 5.43. The predicted octanol–water partition coefficient (Wildman–Crippen LogP) is 4.75. The first-order valence-electron chi connectivity index (χ1n) is 7.37. The molecule has 0 heterocycles. The first-order chi connectivity index (χ1) is 10.2. The van der Waals surface area contributed by atoms with Gasteiger partial charge in [0.2, 0.25) is 0 Å². The number of ether oxygens (including phenoxy) is 1. The fourth-order valence-corrected chi connectivity index (χ4v) is 2.64. The number of aryl methyl sites for hydroxylation is 1. The van der Waals surface area contributed by atoms with E-state index in [4.69, 9.17) is 16.3 Å². The van der Waals surface area contributed by atoms with Gasteiger partial charge in [-0.2, -0.15) is 0 Å². The molecule has 0 saturated carbocycles. The maximum atomic E-state index is 6.17. The van der Waals surface area contributed by atoms with E-state index < -0.39 is 0 Å². The zero-order valence-electron chi connectivity index (χ0n) is 12.8. The second kappa shape index (κ2) is 7.48. The molecule has 0 aliphatic heterocycles. The van der Waals surface area contributed by atoms with Gasteiger partial charge in [0.05, 0.1) is 12.6 Å². The van der Waals surface area contributed by atoms with Crippen molar-refractivity contribution < 1.29 is 4.74 Å². The molecular weight excluding hydrogens is 282 g/mol. The maximum absolute atomic E-state index is 6.17. The molecule has 2 rings (SSSR count). The lowest BCUT2D eigenvalue weighted by Crippen LogP contribution is -2.22. The largest absolute Gasteiger partial charge is 0.494 e. The van der Waals surface area contributed by atoms with Crippen LogP contribution in [0, 0.1) is 6.92 Å². The minimum atomic E-state index is 0.143. The molecule has 2 aromatic carbocycles. The van der Waals surface area contributed by atoms with E-state index in [-0.39, 0.29) is 6.04 Å². The highest BCUT2D eigenvalue weighted by molar-refractivity contribution is 6.30. The van der Waals surface area contributed by atoms with Gasteiger partial charge in [0.15, 0.2) is 0 Å². The number of rotatable bonds is 6. The molecular formula is C18H22ClNO. The monoisotopic (exact) mass is 303 g/mol. The van der Waals surface area contributed by atoms with Crippen molar-refractivity contribution in [3.8, 4) is 5.75 Å². The molecule has 1 unspecified atom stereocenters. The van der Waals surface area contributed by atoms with Crippen molar-refractivity contribution in [1.82, 2.24) is 5.32 Å². The number of nitrogens with one attached hydrogen (secondary N) is 1. The fraction of sp³-hybridized carbons (Fsp3) is 0.333. The maximum Gasteiger partial charge on any atom is 0.119 e. The number of hydrogen-bond donors (Lipinski definition) is 1. The lowest BCUT2D eigenvalue weighted by Gasteiger charge is -2.21. The van der Waals surface area contributed by atoms with Gasteiger partial charge in [-0.1, -0.05) is 36.7 Å². The summed E-state index contributed by atoms with van der Waals surface area (Å²) in [6, 6.07) is 14.4. The van der Waals surface area contributed by atoms with Crippen molar-refractivity contribution >= 4 is 11.6 Å². The van der Waals surface area contributed by atoms with Crippen LogP contribution in [0.25, 0.3) is 0 Å². The van der Waals surface area contributed by atoms with Crippen molar-refractivity contribution in [2.24, 2.45) is 0 Å². The quantitative estimate of drug-likeness (QED) is 0.832. The summed E-state index contributed by atoms with van der Waals surface area (Å²) in [7, 11) is 0. The van der Waals surface area contributed by atoms with Gasteiger partial charge in [-0.25, -0.2) is 0 Å². The summed E-state index contributed by atoms with van der Waals surface area (Å²) < 4.78 is 5.51. The van der Waals surface area contributed by atoms with Crippen molar-refractivity contribution in [3.05, 3.63) is 64.2 Å². The molecule has 0 fully saturated rings. The Bertz CT molecular complexity index is 580. The van der Waals surface area contributed by atoms with E-state index >= 15 is 0 Å². The van der Waals surface area contributed by atoms with Gasteiger partial charge in [-0.15, -0.1) is 0 Å². The molecule has 0 amide bonds. The lowest BCUT2D eigenvalue weighted by molar-refractivity contribution is 0.340. The zero-order chi connectivity index (χ0) is 15.2. The normalized spacial score (nSPS) is 12.2.